The Hall–Kier alpha value is -0.0800. The van der Waals surface area contributed by atoms with Gasteiger partial charge in [-0.3, -0.25) is 0 Å². The van der Waals surface area contributed by atoms with Crippen molar-refractivity contribution >= 4 is 0 Å². The van der Waals surface area contributed by atoms with E-state index in [-0.39, 0.29) is 0 Å². The summed E-state index contributed by atoms with van der Waals surface area (Å²) in [5.74, 6) is 0.594. The van der Waals surface area contributed by atoms with Crippen molar-refractivity contribution in [3.05, 3.63) is 0 Å². The SMILES string of the molecule is CC(C)C(N)CCCN. The van der Waals surface area contributed by atoms with E-state index in [9.17, 15) is 0 Å². The molecule has 0 rings (SSSR count). The van der Waals surface area contributed by atoms with Gasteiger partial charge in [0.2, 0.25) is 0 Å². The van der Waals surface area contributed by atoms with E-state index in [1.165, 1.54) is 0 Å². The summed E-state index contributed by atoms with van der Waals surface area (Å²) in [6.07, 6.45) is 2.12. The van der Waals surface area contributed by atoms with E-state index >= 15 is 0 Å². The highest BCUT2D eigenvalue weighted by Gasteiger charge is 2.04. The van der Waals surface area contributed by atoms with E-state index in [0.29, 0.717) is 12.0 Å². The van der Waals surface area contributed by atoms with Crippen LogP contribution in [-0.4, -0.2) is 12.6 Å². The first-order valence-corrected chi connectivity index (χ1v) is 3.64. The summed E-state index contributed by atoms with van der Waals surface area (Å²) in [4.78, 5) is 0. The number of hydrogen-bond acceptors (Lipinski definition) is 2. The molecule has 1 unspecified atom stereocenters. The van der Waals surface area contributed by atoms with E-state index < -0.39 is 0 Å². The topological polar surface area (TPSA) is 52.0 Å². The van der Waals surface area contributed by atoms with Gasteiger partial charge in [-0.1, -0.05) is 13.8 Å². The van der Waals surface area contributed by atoms with Crippen molar-refractivity contribution in [2.24, 2.45) is 17.4 Å². The molecule has 0 aliphatic rings. The van der Waals surface area contributed by atoms with Gasteiger partial charge in [0.05, 0.1) is 0 Å². The maximum atomic E-state index is 5.75. The molecule has 0 bridgehead atoms. The maximum absolute atomic E-state index is 5.75. The van der Waals surface area contributed by atoms with Crippen molar-refractivity contribution in [1.29, 1.82) is 0 Å². The molecule has 0 saturated carbocycles. The Labute approximate surface area is 57.6 Å². The summed E-state index contributed by atoms with van der Waals surface area (Å²) in [5.41, 5.74) is 11.1. The van der Waals surface area contributed by atoms with Crippen LogP contribution in [0.25, 0.3) is 0 Å². The van der Waals surface area contributed by atoms with Crippen LogP contribution in [0.4, 0.5) is 0 Å². The van der Waals surface area contributed by atoms with Crippen LogP contribution in [0.3, 0.4) is 0 Å². The predicted octanol–water partition coefficient (Wildman–Crippen LogP) is 0.709. The van der Waals surface area contributed by atoms with E-state index in [1.807, 2.05) is 0 Å². The molecule has 0 aliphatic carbocycles. The summed E-state index contributed by atoms with van der Waals surface area (Å²) >= 11 is 0. The number of nitrogens with two attached hydrogens (primary N) is 2. The molecule has 1 atom stereocenters. The van der Waals surface area contributed by atoms with Gasteiger partial charge in [-0.15, -0.1) is 0 Å². The smallest absolute Gasteiger partial charge is 0.00623 e. The van der Waals surface area contributed by atoms with Crippen molar-refractivity contribution in [2.45, 2.75) is 32.7 Å². The van der Waals surface area contributed by atoms with Gasteiger partial charge in [-0.05, 0) is 25.3 Å². The minimum absolute atomic E-state index is 0.341. The van der Waals surface area contributed by atoms with Crippen LogP contribution in [0.5, 0.6) is 0 Å². The van der Waals surface area contributed by atoms with Gasteiger partial charge in [0.25, 0.3) is 0 Å². The Morgan fingerprint density at radius 1 is 1.33 bits per heavy atom. The zero-order valence-electron chi connectivity index (χ0n) is 6.43. The molecule has 2 heteroatoms. The van der Waals surface area contributed by atoms with Gasteiger partial charge in [-0.2, -0.15) is 0 Å². The maximum Gasteiger partial charge on any atom is 0.00623 e. The standard InChI is InChI=1S/C7H18N2/c1-6(2)7(9)4-3-5-8/h6-7H,3-5,8-9H2,1-2H3. The molecule has 56 valence electrons. The molecule has 0 radical (unpaired) electrons. The average molecular weight is 130 g/mol. The number of hydrogen-bond donors (Lipinski definition) is 2. The summed E-state index contributed by atoms with van der Waals surface area (Å²) in [6.45, 7) is 5.04. The van der Waals surface area contributed by atoms with Crippen LogP contribution in [0.2, 0.25) is 0 Å². The molecule has 0 amide bonds. The minimum Gasteiger partial charge on any atom is -0.330 e. The first kappa shape index (κ1) is 8.92. The highest BCUT2D eigenvalue weighted by Crippen LogP contribution is 2.03. The Morgan fingerprint density at radius 3 is 2.22 bits per heavy atom. The van der Waals surface area contributed by atoms with Crippen molar-refractivity contribution in [3.63, 3.8) is 0 Å². The van der Waals surface area contributed by atoms with Crippen molar-refractivity contribution in [1.82, 2.24) is 0 Å². The first-order chi connectivity index (χ1) is 4.18. The zero-order chi connectivity index (χ0) is 7.28. The Balaban J connectivity index is 3.16. The van der Waals surface area contributed by atoms with Crippen LogP contribution in [0.15, 0.2) is 0 Å². The molecular formula is C7H18N2. The normalized spacial score (nSPS) is 14.3. The summed E-state index contributed by atoms with van der Waals surface area (Å²) in [5, 5.41) is 0. The summed E-state index contributed by atoms with van der Waals surface area (Å²) < 4.78 is 0. The van der Waals surface area contributed by atoms with Crippen LogP contribution < -0.4 is 11.5 Å². The summed E-state index contributed by atoms with van der Waals surface area (Å²) in [7, 11) is 0. The third-order valence-electron chi connectivity index (χ3n) is 1.60. The second-order valence-corrected chi connectivity index (χ2v) is 2.84. The van der Waals surface area contributed by atoms with E-state index in [0.717, 1.165) is 19.4 Å². The van der Waals surface area contributed by atoms with Crippen LogP contribution in [0.1, 0.15) is 26.7 Å². The lowest BCUT2D eigenvalue weighted by Crippen LogP contribution is -2.26. The van der Waals surface area contributed by atoms with E-state index in [1.54, 1.807) is 0 Å². The highest BCUT2D eigenvalue weighted by atomic mass is 14.6. The van der Waals surface area contributed by atoms with Gasteiger partial charge in [0, 0.05) is 6.04 Å². The molecule has 4 N–H and O–H groups in total. The Bertz CT molecular complexity index is 61.9. The molecule has 0 heterocycles. The quantitative estimate of drug-likeness (QED) is 0.589. The van der Waals surface area contributed by atoms with Crippen LogP contribution >= 0.6 is 0 Å². The monoisotopic (exact) mass is 130 g/mol. The fourth-order valence-corrected chi connectivity index (χ4v) is 0.687. The third kappa shape index (κ3) is 4.43. The first-order valence-electron chi connectivity index (χ1n) is 3.64. The molecule has 0 aromatic heterocycles. The van der Waals surface area contributed by atoms with Crippen molar-refractivity contribution < 1.29 is 0 Å². The number of rotatable bonds is 4. The lowest BCUT2D eigenvalue weighted by atomic mass is 10.0. The second kappa shape index (κ2) is 4.77. The Kier molecular flexibility index (Phi) is 4.72. The van der Waals surface area contributed by atoms with Crippen LogP contribution in [0, 0.1) is 5.92 Å². The fraction of sp³-hybridized carbons (Fsp3) is 1.00. The molecule has 0 aliphatic heterocycles. The molecule has 2 nitrogen and oxygen atoms in total. The fourth-order valence-electron chi connectivity index (χ4n) is 0.687. The zero-order valence-corrected chi connectivity index (χ0v) is 6.43. The van der Waals surface area contributed by atoms with Gasteiger partial charge in [0.1, 0.15) is 0 Å². The van der Waals surface area contributed by atoms with Crippen molar-refractivity contribution in [3.8, 4) is 0 Å². The molecule has 0 saturated heterocycles. The second-order valence-electron chi connectivity index (χ2n) is 2.84. The van der Waals surface area contributed by atoms with Gasteiger partial charge in [0.15, 0.2) is 0 Å². The summed E-state index contributed by atoms with van der Waals surface area (Å²) in [6, 6.07) is 0.341. The highest BCUT2D eigenvalue weighted by molar-refractivity contribution is 4.64. The molecule has 9 heavy (non-hydrogen) atoms. The molecule has 0 spiro atoms. The van der Waals surface area contributed by atoms with E-state index in [2.05, 4.69) is 13.8 Å². The minimum atomic E-state index is 0.341. The van der Waals surface area contributed by atoms with Gasteiger partial charge < -0.3 is 11.5 Å². The predicted molar refractivity (Wildman–Crippen MR) is 41.1 cm³/mol. The lowest BCUT2D eigenvalue weighted by molar-refractivity contribution is 0.454. The van der Waals surface area contributed by atoms with Gasteiger partial charge >= 0.3 is 0 Å². The van der Waals surface area contributed by atoms with Gasteiger partial charge in [-0.25, -0.2) is 0 Å². The lowest BCUT2D eigenvalue weighted by Gasteiger charge is -2.13. The molecular weight excluding hydrogens is 112 g/mol. The van der Waals surface area contributed by atoms with E-state index in [4.69, 9.17) is 11.5 Å². The molecule has 0 fully saturated rings. The molecule has 0 aromatic rings. The van der Waals surface area contributed by atoms with Crippen LogP contribution in [-0.2, 0) is 0 Å². The average Bonchev–Trinajstić information content (AvgIpc) is 1.82. The van der Waals surface area contributed by atoms with Crippen molar-refractivity contribution in [2.75, 3.05) is 6.54 Å². The third-order valence-corrected chi connectivity index (χ3v) is 1.60. The largest absolute Gasteiger partial charge is 0.330 e. The molecule has 0 aromatic carbocycles. The Morgan fingerprint density at radius 2 is 1.89 bits per heavy atom.